The van der Waals surface area contributed by atoms with Crippen molar-refractivity contribution in [2.24, 2.45) is 5.73 Å². The molecule has 3 aliphatic heterocycles. The second-order valence-corrected chi connectivity index (χ2v) is 12.4. The van der Waals surface area contributed by atoms with Gasteiger partial charge in [-0.15, -0.1) is 0 Å². The number of nitrogens with zero attached hydrogens (tertiary/aromatic N) is 2. The monoisotopic (exact) mass is 694 g/mol. The van der Waals surface area contributed by atoms with E-state index in [1.165, 1.54) is 9.80 Å². The van der Waals surface area contributed by atoms with Crippen LogP contribution in [-0.4, -0.2) is 79.3 Å². The zero-order valence-corrected chi connectivity index (χ0v) is 26.7. The van der Waals surface area contributed by atoms with Crippen molar-refractivity contribution >= 4 is 29.5 Å². The highest BCUT2D eigenvalue weighted by atomic mass is 19.4. The number of carbonyl (C=O) groups is 3. The van der Waals surface area contributed by atoms with E-state index in [1.54, 1.807) is 18.2 Å². The summed E-state index contributed by atoms with van der Waals surface area (Å²) in [5.74, 6) is -4.60. The molecule has 2 saturated heterocycles. The number of fused-ring (bicyclic) bond motifs is 2. The number of hydrogen-bond donors (Lipinski definition) is 4. The van der Waals surface area contributed by atoms with E-state index in [-0.39, 0.29) is 56.7 Å². The molecule has 1 spiro atoms. The van der Waals surface area contributed by atoms with Gasteiger partial charge in [0.1, 0.15) is 5.60 Å². The minimum Gasteiger partial charge on any atom is -0.438 e. The number of halogens is 5. The summed E-state index contributed by atoms with van der Waals surface area (Å²) in [6, 6.07) is 8.56. The second kappa shape index (κ2) is 14.2. The van der Waals surface area contributed by atoms with Crippen LogP contribution in [0.1, 0.15) is 47.9 Å². The molecule has 49 heavy (non-hydrogen) atoms. The molecule has 3 heterocycles. The number of anilines is 2. The lowest BCUT2D eigenvalue weighted by atomic mass is 9.82. The molecule has 266 valence electrons. The van der Waals surface area contributed by atoms with Crippen molar-refractivity contribution in [2.75, 3.05) is 50.3 Å². The largest absolute Gasteiger partial charge is 0.438 e. The number of carbonyl (C=O) groups excluding carboxylic acids is 3. The van der Waals surface area contributed by atoms with Gasteiger partial charge in [0.25, 0.3) is 11.8 Å². The van der Waals surface area contributed by atoms with Gasteiger partial charge in [-0.05, 0) is 42.7 Å². The first kappa shape index (κ1) is 35.9. The maximum atomic E-state index is 14.7. The number of nitrogens with two attached hydrogens (primary N) is 2. The quantitative estimate of drug-likeness (QED) is 0.168. The lowest BCUT2D eigenvalue weighted by Gasteiger charge is -2.44. The van der Waals surface area contributed by atoms with Crippen molar-refractivity contribution in [3.05, 3.63) is 71.3 Å². The third-order valence-corrected chi connectivity index (χ3v) is 9.26. The average molecular weight is 695 g/mol. The van der Waals surface area contributed by atoms with E-state index in [4.69, 9.17) is 20.9 Å². The topological polar surface area (TPSA) is 152 Å². The third-order valence-electron chi connectivity index (χ3n) is 9.26. The van der Waals surface area contributed by atoms with Crippen molar-refractivity contribution in [2.45, 2.75) is 61.9 Å². The predicted molar refractivity (Wildman–Crippen MR) is 170 cm³/mol. The molecule has 0 bridgehead atoms. The number of rotatable bonds is 9. The average Bonchev–Trinajstić information content (AvgIpc) is 3.07. The van der Waals surface area contributed by atoms with E-state index in [1.807, 2.05) is 6.07 Å². The summed E-state index contributed by atoms with van der Waals surface area (Å²) in [6.45, 7) is 4.67. The molecular weight excluding hydrogens is 655 g/mol. The summed E-state index contributed by atoms with van der Waals surface area (Å²) in [5, 5.41) is 5.93. The fourth-order valence-electron chi connectivity index (χ4n) is 6.62. The van der Waals surface area contributed by atoms with Crippen molar-refractivity contribution in [1.29, 1.82) is 0 Å². The van der Waals surface area contributed by atoms with E-state index in [2.05, 4.69) is 17.2 Å². The molecule has 0 saturated carbocycles. The smallest absolute Gasteiger partial charge is 0.418 e. The lowest BCUT2D eigenvalue weighted by Crippen LogP contribution is -2.52. The van der Waals surface area contributed by atoms with E-state index in [9.17, 15) is 36.3 Å². The zero-order valence-electron chi connectivity index (χ0n) is 26.7. The van der Waals surface area contributed by atoms with Gasteiger partial charge < -0.3 is 36.1 Å². The highest BCUT2D eigenvalue weighted by Gasteiger charge is 2.46. The van der Waals surface area contributed by atoms with Crippen LogP contribution in [0.5, 0.6) is 0 Å². The number of alkyl halides is 5. The highest BCUT2D eigenvalue weighted by Crippen LogP contribution is 2.44. The van der Waals surface area contributed by atoms with Gasteiger partial charge in [-0.1, -0.05) is 24.8 Å². The molecule has 0 aliphatic carbocycles. The maximum absolute atomic E-state index is 14.7. The van der Waals surface area contributed by atoms with Gasteiger partial charge in [0, 0.05) is 75.7 Å². The molecular formula is C33H39F5N6O5. The Balaban J connectivity index is 1.39. The Morgan fingerprint density at radius 2 is 1.73 bits per heavy atom. The van der Waals surface area contributed by atoms with Crippen molar-refractivity contribution in [3.8, 4) is 0 Å². The number of benzene rings is 2. The number of para-hydroxylation sites is 1. The van der Waals surface area contributed by atoms with Crippen LogP contribution >= 0.6 is 0 Å². The Labute approximate surface area is 279 Å². The Morgan fingerprint density at radius 3 is 2.37 bits per heavy atom. The van der Waals surface area contributed by atoms with Crippen molar-refractivity contribution < 1.29 is 45.8 Å². The summed E-state index contributed by atoms with van der Waals surface area (Å²) in [6.07, 6.45) is -7.25. The van der Waals surface area contributed by atoms with Crippen LogP contribution in [0, 0.1) is 0 Å². The van der Waals surface area contributed by atoms with Crippen LogP contribution in [0.2, 0.25) is 0 Å². The highest BCUT2D eigenvalue weighted by molar-refractivity contribution is 5.89. The molecule has 16 heteroatoms. The Bertz CT molecular complexity index is 1570. The minimum atomic E-state index is -5.10. The number of likely N-dealkylation sites (tertiary alicyclic amines) is 2. The van der Waals surface area contributed by atoms with Gasteiger partial charge in [0.2, 0.25) is 0 Å². The first-order valence-electron chi connectivity index (χ1n) is 16.0. The molecule has 5 rings (SSSR count). The van der Waals surface area contributed by atoms with Gasteiger partial charge in [-0.25, -0.2) is 9.59 Å². The first-order chi connectivity index (χ1) is 23.2. The summed E-state index contributed by atoms with van der Waals surface area (Å²) < 4.78 is 82.8. The van der Waals surface area contributed by atoms with Crippen LogP contribution < -0.4 is 22.1 Å². The number of hydrogen-bond acceptors (Lipinski definition) is 8. The van der Waals surface area contributed by atoms with E-state index < -0.39 is 65.1 Å². The van der Waals surface area contributed by atoms with Gasteiger partial charge in [-0.3, -0.25) is 10.1 Å². The maximum Gasteiger partial charge on any atom is 0.418 e. The predicted octanol–water partition coefficient (Wildman–Crippen LogP) is 4.71. The molecule has 2 fully saturated rings. The normalized spacial score (nSPS) is 18.7. The Kier molecular flexibility index (Phi) is 10.4. The van der Waals surface area contributed by atoms with Crippen molar-refractivity contribution in [3.63, 3.8) is 0 Å². The summed E-state index contributed by atoms with van der Waals surface area (Å²) >= 11 is 0. The number of amides is 3. The fourth-order valence-corrected chi connectivity index (χ4v) is 6.62. The molecule has 2 aromatic carbocycles. The number of nitrogen functional groups attached to an aromatic ring is 1. The Hall–Kier alpha value is -4.44. The number of piperidine rings is 2. The summed E-state index contributed by atoms with van der Waals surface area (Å²) in [7, 11) is 0. The van der Waals surface area contributed by atoms with Crippen LogP contribution in [0.15, 0.2) is 49.1 Å². The van der Waals surface area contributed by atoms with E-state index >= 15 is 0 Å². The zero-order chi connectivity index (χ0) is 35.6. The number of nitrogens with one attached hydrogen (secondary N) is 2. The summed E-state index contributed by atoms with van der Waals surface area (Å²) in [4.78, 5) is 42.5. The number of allylic oxidation sites excluding steroid dienone is 1. The first-order valence-corrected chi connectivity index (χ1v) is 16.0. The molecule has 0 radical (unpaired) electrons. The Morgan fingerprint density at radius 1 is 1.08 bits per heavy atom. The third kappa shape index (κ3) is 7.75. The van der Waals surface area contributed by atoms with Gasteiger partial charge in [0.15, 0.2) is 6.10 Å². The van der Waals surface area contributed by atoms with E-state index in [0.717, 1.165) is 11.6 Å². The van der Waals surface area contributed by atoms with Crippen LogP contribution in [0.4, 0.5) is 42.9 Å². The van der Waals surface area contributed by atoms with Gasteiger partial charge in [0.05, 0.1) is 16.9 Å². The van der Waals surface area contributed by atoms with Gasteiger partial charge in [-0.2, -0.15) is 22.0 Å². The minimum absolute atomic E-state index is 0.0648. The number of ether oxygens (including phenoxy) is 2. The molecule has 1 atom stereocenters. The molecule has 3 amide bonds. The standard InChI is InChI=1S/C33H39F5N6O5/c1-2-32(34,35)23-17-20(18-24(27(23)40)33(36,37)38)19-26(28(45)43-13-7-21(8-14-43)41-12-11-39)48-30(47)44-15-9-31(10-16-44)22-5-3-4-6-25(22)42-29(46)49-31/h2-6,17-18,21,26,41H,1,7-16,19,39-40H2,(H,42,46)/t26-/m1/s1. The SMILES string of the molecule is C=CC(F)(F)c1cc(C[C@@H](OC(=O)N2CCC3(CC2)OC(=O)Nc2ccccc23)C(=O)N2CCC(NCCN)CC2)cc(C(F)(F)F)c1N. The van der Waals surface area contributed by atoms with E-state index in [0.29, 0.717) is 37.7 Å². The van der Waals surface area contributed by atoms with Crippen molar-refractivity contribution in [1.82, 2.24) is 15.1 Å². The van der Waals surface area contributed by atoms with Crippen LogP contribution in [0.25, 0.3) is 0 Å². The lowest BCUT2D eigenvalue weighted by molar-refractivity contribution is -0.142. The molecule has 3 aliphatic rings. The second-order valence-electron chi connectivity index (χ2n) is 12.4. The van der Waals surface area contributed by atoms with Gasteiger partial charge >= 0.3 is 18.4 Å². The fraction of sp³-hybridized carbons (Fsp3) is 0.485. The molecule has 0 unspecified atom stereocenters. The summed E-state index contributed by atoms with van der Waals surface area (Å²) in [5.41, 5.74) is 7.32. The molecule has 2 aromatic rings. The molecule has 6 N–H and O–H groups in total. The molecule has 0 aromatic heterocycles. The van der Waals surface area contributed by atoms with Crippen LogP contribution in [-0.2, 0) is 38.4 Å². The van der Waals surface area contributed by atoms with Crippen LogP contribution in [0.3, 0.4) is 0 Å². The molecule has 11 nitrogen and oxygen atoms in total.